The lowest BCUT2D eigenvalue weighted by Gasteiger charge is -2.15. The Balaban J connectivity index is 1.97. The van der Waals surface area contributed by atoms with Crippen molar-refractivity contribution in [1.29, 1.82) is 0 Å². The van der Waals surface area contributed by atoms with Crippen LogP contribution in [0.2, 0.25) is 0 Å². The maximum atomic E-state index is 5.18. The monoisotopic (exact) mass is 273 g/mol. The van der Waals surface area contributed by atoms with Crippen molar-refractivity contribution in [1.82, 2.24) is 15.1 Å². The van der Waals surface area contributed by atoms with Gasteiger partial charge in [-0.25, -0.2) is 0 Å². The van der Waals surface area contributed by atoms with Gasteiger partial charge in [-0.2, -0.15) is 5.10 Å². The van der Waals surface area contributed by atoms with Gasteiger partial charge >= 0.3 is 0 Å². The van der Waals surface area contributed by atoms with E-state index in [1.165, 1.54) is 5.56 Å². The number of nitrogens with zero attached hydrogens (tertiary/aromatic N) is 2. The standard InChI is InChI=1S/C16H23N3O/c1-4-17-15(16-11-12-19(2)18-16)10-7-13-5-8-14(20-3)9-6-13/h5-6,8-9,11-12,15,17H,4,7,10H2,1-3H3. The highest BCUT2D eigenvalue weighted by molar-refractivity contribution is 5.27. The molecule has 0 fully saturated rings. The van der Waals surface area contributed by atoms with Crippen molar-refractivity contribution in [3.8, 4) is 5.75 Å². The molecule has 0 aliphatic heterocycles. The molecule has 2 rings (SSSR count). The Kier molecular flexibility index (Phi) is 5.18. The van der Waals surface area contributed by atoms with Gasteiger partial charge in [0.1, 0.15) is 5.75 Å². The number of aryl methyl sites for hydroxylation is 2. The third-order valence-corrected chi connectivity index (χ3v) is 3.42. The van der Waals surface area contributed by atoms with Crippen molar-refractivity contribution >= 4 is 0 Å². The first-order chi connectivity index (χ1) is 9.72. The topological polar surface area (TPSA) is 39.1 Å². The Labute approximate surface area is 120 Å². The summed E-state index contributed by atoms with van der Waals surface area (Å²) in [6.07, 6.45) is 4.06. The highest BCUT2D eigenvalue weighted by atomic mass is 16.5. The number of rotatable bonds is 7. The molecule has 2 aromatic rings. The summed E-state index contributed by atoms with van der Waals surface area (Å²) >= 11 is 0. The van der Waals surface area contributed by atoms with E-state index in [0.29, 0.717) is 6.04 Å². The summed E-state index contributed by atoms with van der Waals surface area (Å²) in [5.74, 6) is 0.904. The number of hydrogen-bond donors (Lipinski definition) is 1. The van der Waals surface area contributed by atoms with E-state index in [2.05, 4.69) is 35.5 Å². The van der Waals surface area contributed by atoms with Crippen LogP contribution in [0, 0.1) is 0 Å². The Morgan fingerprint density at radius 3 is 2.55 bits per heavy atom. The van der Waals surface area contributed by atoms with E-state index in [9.17, 15) is 0 Å². The van der Waals surface area contributed by atoms with Crippen molar-refractivity contribution in [2.75, 3.05) is 13.7 Å². The summed E-state index contributed by atoms with van der Waals surface area (Å²) < 4.78 is 7.03. The van der Waals surface area contributed by atoms with Gasteiger partial charge in [0, 0.05) is 13.2 Å². The highest BCUT2D eigenvalue weighted by Crippen LogP contribution is 2.19. The molecule has 108 valence electrons. The first kappa shape index (κ1) is 14.6. The second-order valence-electron chi connectivity index (χ2n) is 4.91. The van der Waals surface area contributed by atoms with Crippen LogP contribution < -0.4 is 10.1 Å². The third kappa shape index (κ3) is 3.84. The van der Waals surface area contributed by atoms with E-state index in [0.717, 1.165) is 30.8 Å². The van der Waals surface area contributed by atoms with Gasteiger partial charge in [-0.1, -0.05) is 19.1 Å². The van der Waals surface area contributed by atoms with Gasteiger partial charge in [-0.3, -0.25) is 4.68 Å². The molecule has 4 nitrogen and oxygen atoms in total. The molecule has 0 radical (unpaired) electrons. The highest BCUT2D eigenvalue weighted by Gasteiger charge is 2.12. The van der Waals surface area contributed by atoms with Crippen molar-refractivity contribution in [3.05, 3.63) is 47.8 Å². The van der Waals surface area contributed by atoms with E-state index in [-0.39, 0.29) is 0 Å². The molecule has 0 spiro atoms. The largest absolute Gasteiger partial charge is 0.497 e. The predicted octanol–water partition coefficient (Wildman–Crippen LogP) is 2.71. The molecule has 20 heavy (non-hydrogen) atoms. The van der Waals surface area contributed by atoms with Gasteiger partial charge in [-0.15, -0.1) is 0 Å². The number of nitrogens with one attached hydrogen (secondary N) is 1. The van der Waals surface area contributed by atoms with Crippen LogP contribution in [0.15, 0.2) is 36.5 Å². The fraction of sp³-hybridized carbons (Fsp3) is 0.438. The van der Waals surface area contributed by atoms with Crippen LogP contribution in [0.3, 0.4) is 0 Å². The molecule has 1 unspecified atom stereocenters. The molecule has 0 aliphatic carbocycles. The number of hydrogen-bond acceptors (Lipinski definition) is 3. The Bertz CT molecular complexity index is 519. The van der Waals surface area contributed by atoms with Crippen molar-refractivity contribution in [2.45, 2.75) is 25.8 Å². The Morgan fingerprint density at radius 2 is 2.00 bits per heavy atom. The second kappa shape index (κ2) is 7.10. The maximum Gasteiger partial charge on any atom is 0.118 e. The van der Waals surface area contributed by atoms with Gasteiger partial charge in [0.2, 0.25) is 0 Å². The lowest BCUT2D eigenvalue weighted by atomic mass is 10.0. The summed E-state index contributed by atoms with van der Waals surface area (Å²) in [5.41, 5.74) is 2.44. The van der Waals surface area contributed by atoms with Gasteiger partial charge < -0.3 is 10.1 Å². The zero-order valence-electron chi connectivity index (χ0n) is 12.5. The van der Waals surface area contributed by atoms with E-state index in [1.807, 2.05) is 30.1 Å². The summed E-state index contributed by atoms with van der Waals surface area (Å²) in [7, 11) is 3.65. The van der Waals surface area contributed by atoms with Gasteiger partial charge in [0.25, 0.3) is 0 Å². The number of methoxy groups -OCH3 is 1. The first-order valence-electron chi connectivity index (χ1n) is 7.08. The average Bonchev–Trinajstić information content (AvgIpc) is 2.90. The molecule has 0 saturated carbocycles. The minimum Gasteiger partial charge on any atom is -0.497 e. The van der Waals surface area contributed by atoms with Crippen LogP contribution in [-0.2, 0) is 13.5 Å². The van der Waals surface area contributed by atoms with Crippen LogP contribution in [0.4, 0.5) is 0 Å². The van der Waals surface area contributed by atoms with Crippen LogP contribution in [0.25, 0.3) is 0 Å². The summed E-state index contributed by atoms with van der Waals surface area (Å²) in [6.45, 7) is 3.08. The first-order valence-corrected chi connectivity index (χ1v) is 7.08. The van der Waals surface area contributed by atoms with Crippen LogP contribution >= 0.6 is 0 Å². The molecule has 0 amide bonds. The summed E-state index contributed by atoms with van der Waals surface area (Å²) in [4.78, 5) is 0. The molecule has 0 bridgehead atoms. The second-order valence-corrected chi connectivity index (χ2v) is 4.91. The fourth-order valence-electron chi connectivity index (χ4n) is 2.32. The average molecular weight is 273 g/mol. The molecule has 1 heterocycles. The lowest BCUT2D eigenvalue weighted by molar-refractivity contribution is 0.414. The lowest BCUT2D eigenvalue weighted by Crippen LogP contribution is -2.22. The normalized spacial score (nSPS) is 12.3. The molecular formula is C16H23N3O. The smallest absolute Gasteiger partial charge is 0.118 e. The van der Waals surface area contributed by atoms with E-state index >= 15 is 0 Å². The number of aromatic nitrogens is 2. The molecule has 1 N–H and O–H groups in total. The predicted molar refractivity (Wildman–Crippen MR) is 80.9 cm³/mol. The van der Waals surface area contributed by atoms with Crippen molar-refractivity contribution in [3.63, 3.8) is 0 Å². The Morgan fingerprint density at radius 1 is 1.25 bits per heavy atom. The van der Waals surface area contributed by atoms with Crippen LogP contribution in [-0.4, -0.2) is 23.4 Å². The van der Waals surface area contributed by atoms with E-state index in [4.69, 9.17) is 4.74 Å². The molecule has 1 aromatic carbocycles. The van der Waals surface area contributed by atoms with Crippen LogP contribution in [0.5, 0.6) is 5.75 Å². The SMILES string of the molecule is CCNC(CCc1ccc(OC)cc1)c1ccn(C)n1. The summed E-state index contributed by atoms with van der Waals surface area (Å²) in [6, 6.07) is 10.7. The zero-order valence-corrected chi connectivity index (χ0v) is 12.5. The fourth-order valence-corrected chi connectivity index (χ4v) is 2.32. The van der Waals surface area contributed by atoms with E-state index in [1.54, 1.807) is 7.11 Å². The third-order valence-electron chi connectivity index (χ3n) is 3.42. The van der Waals surface area contributed by atoms with Crippen molar-refractivity contribution in [2.24, 2.45) is 7.05 Å². The van der Waals surface area contributed by atoms with Gasteiger partial charge in [0.15, 0.2) is 0 Å². The van der Waals surface area contributed by atoms with Crippen LogP contribution in [0.1, 0.15) is 30.6 Å². The minimum absolute atomic E-state index is 0.309. The molecule has 1 aromatic heterocycles. The molecule has 0 aliphatic rings. The maximum absolute atomic E-state index is 5.18. The van der Waals surface area contributed by atoms with Gasteiger partial charge in [-0.05, 0) is 43.1 Å². The molecule has 4 heteroatoms. The number of ether oxygens (including phenoxy) is 1. The number of benzene rings is 1. The summed E-state index contributed by atoms with van der Waals surface area (Å²) in [5, 5.41) is 8.01. The zero-order chi connectivity index (χ0) is 14.4. The molecule has 1 atom stereocenters. The van der Waals surface area contributed by atoms with E-state index < -0.39 is 0 Å². The van der Waals surface area contributed by atoms with Crippen molar-refractivity contribution < 1.29 is 4.74 Å². The molecule has 0 saturated heterocycles. The quantitative estimate of drug-likeness (QED) is 0.843. The van der Waals surface area contributed by atoms with Gasteiger partial charge in [0.05, 0.1) is 18.8 Å². The minimum atomic E-state index is 0.309. The Hall–Kier alpha value is -1.81. The molecular weight excluding hydrogens is 250 g/mol.